The maximum absolute atomic E-state index is 14.3. The lowest BCUT2D eigenvalue weighted by molar-refractivity contribution is 0.0963. The third-order valence-corrected chi connectivity index (χ3v) is 3.39. The number of anilines is 2. The molecule has 1 amide bonds. The van der Waals surface area contributed by atoms with E-state index in [2.05, 4.69) is 5.32 Å². The first-order valence-electron chi connectivity index (χ1n) is 6.91. The molecule has 1 aliphatic rings. The highest BCUT2D eigenvalue weighted by Gasteiger charge is 2.32. The van der Waals surface area contributed by atoms with Crippen molar-refractivity contribution in [1.29, 1.82) is 5.41 Å². The number of rotatable bonds is 7. The average molecular weight is 310 g/mol. The number of hydrogen-bond donors (Lipinski definition) is 3. The van der Waals surface area contributed by atoms with Crippen LogP contribution in [0.25, 0.3) is 0 Å². The minimum Gasteiger partial charge on any atom is -0.441 e. The highest BCUT2D eigenvalue weighted by atomic mass is 19.1. The molecule has 1 heterocycles. The maximum Gasteiger partial charge on any atom is 0.414 e. The number of aliphatic hydroxyl groups excluding tert-OH is 1. The minimum absolute atomic E-state index is 0.183. The lowest BCUT2D eigenvalue weighted by Gasteiger charge is -2.21. The topological polar surface area (TPSA) is 88.9 Å². The van der Waals surface area contributed by atoms with Crippen LogP contribution < -0.4 is 15.1 Å². The van der Waals surface area contributed by atoms with Crippen molar-refractivity contribution in [2.24, 2.45) is 0 Å². The number of carbonyl (C=O) groups is 1. The standard InChI is InChI=1S/C14H19FN4O3/c1-17-4-5-18(9-16)13-3-2-10(6-12(13)15)19-7-11(8-20)22-14(19)21/h2-3,6,9,11,16-17,20H,4-5,7-8H2,1H3/t11-/m1/s1. The zero-order valence-electron chi connectivity index (χ0n) is 12.3. The molecule has 0 aliphatic carbocycles. The number of halogens is 1. The zero-order valence-corrected chi connectivity index (χ0v) is 12.3. The van der Waals surface area contributed by atoms with Crippen LogP contribution in [0.1, 0.15) is 0 Å². The van der Waals surface area contributed by atoms with Crippen molar-refractivity contribution < 1.29 is 19.0 Å². The van der Waals surface area contributed by atoms with E-state index in [1.165, 1.54) is 21.9 Å². The van der Waals surface area contributed by atoms with Crippen LogP contribution in [0.4, 0.5) is 20.6 Å². The van der Waals surface area contributed by atoms with Crippen LogP contribution in [0.5, 0.6) is 0 Å². The van der Waals surface area contributed by atoms with Crippen LogP contribution in [0.2, 0.25) is 0 Å². The number of cyclic esters (lactones) is 1. The largest absolute Gasteiger partial charge is 0.441 e. The Bertz CT molecular complexity index is 555. The lowest BCUT2D eigenvalue weighted by atomic mass is 10.2. The highest BCUT2D eigenvalue weighted by Crippen LogP contribution is 2.27. The van der Waals surface area contributed by atoms with Gasteiger partial charge in [-0.25, -0.2) is 9.18 Å². The van der Waals surface area contributed by atoms with E-state index in [4.69, 9.17) is 15.3 Å². The van der Waals surface area contributed by atoms with Gasteiger partial charge in [-0.2, -0.15) is 0 Å². The first-order valence-corrected chi connectivity index (χ1v) is 6.91. The molecule has 1 saturated heterocycles. The van der Waals surface area contributed by atoms with Crippen LogP contribution in [0.3, 0.4) is 0 Å². The number of carbonyl (C=O) groups excluding carboxylic acids is 1. The van der Waals surface area contributed by atoms with Crippen molar-refractivity contribution in [3.63, 3.8) is 0 Å². The van der Waals surface area contributed by atoms with Gasteiger partial charge in [0, 0.05) is 13.1 Å². The van der Waals surface area contributed by atoms with Gasteiger partial charge in [0.1, 0.15) is 11.9 Å². The van der Waals surface area contributed by atoms with Gasteiger partial charge in [0.2, 0.25) is 0 Å². The Balaban J connectivity index is 2.19. The fraction of sp³-hybridized carbons (Fsp3) is 0.429. The minimum atomic E-state index is -0.606. The SMILES string of the molecule is CNCCN(C=N)c1ccc(N2C[C@H](CO)OC2=O)cc1F. The van der Waals surface area contributed by atoms with Gasteiger partial charge >= 0.3 is 6.09 Å². The Morgan fingerprint density at radius 2 is 2.41 bits per heavy atom. The van der Waals surface area contributed by atoms with Gasteiger partial charge in [0.15, 0.2) is 0 Å². The second-order valence-electron chi connectivity index (χ2n) is 4.86. The summed E-state index contributed by atoms with van der Waals surface area (Å²) in [7, 11) is 1.78. The van der Waals surface area contributed by atoms with Gasteiger partial charge in [-0.1, -0.05) is 0 Å². The molecule has 7 nitrogen and oxygen atoms in total. The summed E-state index contributed by atoms with van der Waals surface area (Å²) < 4.78 is 19.2. The Hall–Kier alpha value is -2.19. The number of aliphatic hydroxyl groups is 1. The molecule has 0 bridgehead atoms. The third kappa shape index (κ3) is 3.34. The van der Waals surface area contributed by atoms with Crippen LogP contribution >= 0.6 is 0 Å². The van der Waals surface area contributed by atoms with Crippen LogP contribution in [-0.4, -0.2) is 56.9 Å². The summed E-state index contributed by atoms with van der Waals surface area (Å²) in [4.78, 5) is 14.4. The zero-order chi connectivity index (χ0) is 16.1. The smallest absolute Gasteiger partial charge is 0.414 e. The number of benzene rings is 1. The molecule has 0 unspecified atom stereocenters. The average Bonchev–Trinajstić information content (AvgIpc) is 2.90. The molecule has 0 spiro atoms. The number of hydrogen-bond acceptors (Lipinski definition) is 5. The fourth-order valence-corrected chi connectivity index (χ4v) is 2.21. The van der Waals surface area contributed by atoms with Crippen molar-refractivity contribution in [1.82, 2.24) is 5.32 Å². The molecule has 1 fully saturated rings. The molecular formula is C14H19FN4O3. The van der Waals surface area contributed by atoms with E-state index in [1.807, 2.05) is 0 Å². The fourth-order valence-electron chi connectivity index (χ4n) is 2.21. The summed E-state index contributed by atoms with van der Waals surface area (Å²) in [6.07, 6.45) is -0.143. The maximum atomic E-state index is 14.3. The quantitative estimate of drug-likeness (QED) is 0.511. The number of nitrogens with zero attached hydrogens (tertiary/aromatic N) is 2. The van der Waals surface area contributed by atoms with E-state index in [1.54, 1.807) is 13.1 Å². The van der Waals surface area contributed by atoms with Crippen molar-refractivity contribution >= 4 is 23.8 Å². The normalized spacial score (nSPS) is 17.5. The van der Waals surface area contributed by atoms with E-state index >= 15 is 0 Å². The number of ether oxygens (including phenoxy) is 1. The molecule has 1 aromatic rings. The van der Waals surface area contributed by atoms with Gasteiger partial charge in [-0.05, 0) is 25.2 Å². The van der Waals surface area contributed by atoms with Crippen LogP contribution in [-0.2, 0) is 4.74 Å². The number of nitrogens with one attached hydrogen (secondary N) is 2. The second-order valence-corrected chi connectivity index (χ2v) is 4.86. The molecule has 0 saturated carbocycles. The molecule has 0 aromatic heterocycles. The molecule has 3 N–H and O–H groups in total. The predicted molar refractivity (Wildman–Crippen MR) is 81.2 cm³/mol. The summed E-state index contributed by atoms with van der Waals surface area (Å²) in [5.74, 6) is -0.530. The van der Waals surface area contributed by atoms with Crippen molar-refractivity contribution in [3.8, 4) is 0 Å². The Kier molecular flexibility index (Phi) is 5.29. The molecular weight excluding hydrogens is 291 g/mol. The van der Waals surface area contributed by atoms with Gasteiger partial charge < -0.3 is 20.1 Å². The number of likely N-dealkylation sites (N-methyl/N-ethyl adjacent to an activating group) is 1. The molecule has 1 aromatic carbocycles. The van der Waals surface area contributed by atoms with Gasteiger partial charge in [-0.15, -0.1) is 0 Å². The van der Waals surface area contributed by atoms with E-state index in [0.717, 1.165) is 6.34 Å². The van der Waals surface area contributed by atoms with E-state index in [0.29, 0.717) is 18.8 Å². The predicted octanol–water partition coefficient (Wildman–Crippen LogP) is 0.776. The van der Waals surface area contributed by atoms with Crippen LogP contribution in [0.15, 0.2) is 18.2 Å². The molecule has 8 heteroatoms. The number of amides is 1. The Morgan fingerprint density at radius 3 is 2.95 bits per heavy atom. The molecule has 1 aliphatic heterocycles. The summed E-state index contributed by atoms with van der Waals surface area (Å²) in [5, 5.41) is 19.3. The van der Waals surface area contributed by atoms with Gasteiger partial charge in [-0.3, -0.25) is 10.3 Å². The summed E-state index contributed by atoms with van der Waals surface area (Å²) >= 11 is 0. The Morgan fingerprint density at radius 1 is 1.64 bits per heavy atom. The second kappa shape index (κ2) is 7.19. The van der Waals surface area contributed by atoms with Crippen molar-refractivity contribution in [2.45, 2.75) is 6.10 Å². The molecule has 120 valence electrons. The first-order chi connectivity index (χ1) is 10.6. The van der Waals surface area contributed by atoms with Crippen LogP contribution in [0, 0.1) is 11.2 Å². The monoisotopic (exact) mass is 310 g/mol. The van der Waals surface area contributed by atoms with E-state index < -0.39 is 18.0 Å². The summed E-state index contributed by atoms with van der Waals surface area (Å²) in [6.45, 7) is 0.971. The summed E-state index contributed by atoms with van der Waals surface area (Å²) in [5.41, 5.74) is 0.626. The lowest BCUT2D eigenvalue weighted by Crippen LogP contribution is -2.30. The summed E-state index contributed by atoms with van der Waals surface area (Å²) in [6, 6.07) is 4.34. The van der Waals surface area contributed by atoms with Gasteiger partial charge in [0.05, 0.1) is 30.9 Å². The van der Waals surface area contributed by atoms with E-state index in [-0.39, 0.29) is 18.8 Å². The molecule has 2 rings (SSSR count). The molecule has 22 heavy (non-hydrogen) atoms. The Labute approximate surface area is 127 Å². The highest BCUT2D eigenvalue weighted by molar-refractivity contribution is 5.90. The van der Waals surface area contributed by atoms with Crippen molar-refractivity contribution in [2.75, 3.05) is 43.1 Å². The molecule has 0 radical (unpaired) electrons. The van der Waals surface area contributed by atoms with Crippen molar-refractivity contribution in [3.05, 3.63) is 24.0 Å². The van der Waals surface area contributed by atoms with E-state index in [9.17, 15) is 9.18 Å². The molecule has 1 atom stereocenters. The van der Waals surface area contributed by atoms with Gasteiger partial charge in [0.25, 0.3) is 0 Å². The first kappa shape index (κ1) is 16.2. The third-order valence-electron chi connectivity index (χ3n) is 3.39.